The topological polar surface area (TPSA) is 137 Å². The number of halogens is 3. The van der Waals surface area contributed by atoms with Crippen LogP contribution in [-0.4, -0.2) is 52.0 Å². The number of pyridine rings is 1. The van der Waals surface area contributed by atoms with Gasteiger partial charge in [0.15, 0.2) is 11.6 Å². The van der Waals surface area contributed by atoms with Crippen molar-refractivity contribution in [3.8, 4) is 17.2 Å². The van der Waals surface area contributed by atoms with Crippen LogP contribution in [0.3, 0.4) is 0 Å². The highest BCUT2D eigenvalue weighted by atomic mass is 19.4. The summed E-state index contributed by atoms with van der Waals surface area (Å²) in [6.45, 7) is 1.94. The van der Waals surface area contributed by atoms with Crippen LogP contribution < -0.4 is 10.6 Å². The van der Waals surface area contributed by atoms with Gasteiger partial charge in [0.2, 0.25) is 0 Å². The number of para-hydroxylation sites is 2. The second kappa shape index (κ2) is 15.5. The molecule has 1 saturated carbocycles. The number of esters is 1. The molecule has 5 heterocycles. The predicted octanol–water partition coefficient (Wildman–Crippen LogP) is 9.48. The number of methoxy groups -OCH3 is 1. The summed E-state index contributed by atoms with van der Waals surface area (Å²) in [5, 5.41) is 6.24. The molecule has 0 aliphatic heterocycles. The Morgan fingerprint density at radius 3 is 2.12 bits per heavy atom. The van der Waals surface area contributed by atoms with Gasteiger partial charge in [0.25, 0.3) is 0 Å². The number of rotatable bonds is 8. The van der Waals surface area contributed by atoms with Crippen molar-refractivity contribution in [3.63, 3.8) is 0 Å². The zero-order valence-corrected chi connectivity index (χ0v) is 30.8. The van der Waals surface area contributed by atoms with Gasteiger partial charge in [-0.25, -0.2) is 24.7 Å². The van der Waals surface area contributed by atoms with Gasteiger partial charge in [-0.3, -0.25) is 18.9 Å². The average Bonchev–Trinajstić information content (AvgIpc) is 3.74. The summed E-state index contributed by atoms with van der Waals surface area (Å²) in [5.74, 6) is 2.61. The van der Waals surface area contributed by atoms with Gasteiger partial charge in [-0.05, 0) is 92.6 Å². The van der Waals surface area contributed by atoms with Crippen molar-refractivity contribution < 1.29 is 22.7 Å². The van der Waals surface area contributed by atoms with E-state index in [9.17, 15) is 18.0 Å². The number of nitrogens with zero attached hydrogens (tertiary/aromatic N) is 8. The molecule has 2 N–H and O–H groups in total. The molecule has 1 fully saturated rings. The molecule has 9 rings (SSSR count). The molecule has 12 nitrogen and oxygen atoms in total. The lowest BCUT2D eigenvalue weighted by molar-refractivity contribution is -0.137. The molecule has 0 saturated heterocycles. The van der Waals surface area contributed by atoms with Crippen molar-refractivity contribution in [3.05, 3.63) is 145 Å². The zero-order chi connectivity index (χ0) is 39.5. The van der Waals surface area contributed by atoms with E-state index in [1.54, 1.807) is 49.1 Å². The maximum Gasteiger partial charge on any atom is 0.416 e. The number of hydrogen-bond acceptors (Lipinski definition) is 10. The normalized spacial score (nSPS) is 12.8. The molecule has 15 heteroatoms. The van der Waals surface area contributed by atoms with Crippen LogP contribution >= 0.6 is 0 Å². The van der Waals surface area contributed by atoms with Gasteiger partial charge in [0.1, 0.15) is 23.0 Å². The summed E-state index contributed by atoms with van der Waals surface area (Å²) in [7, 11) is 1.36. The second-order valence-electron chi connectivity index (χ2n) is 13.3. The van der Waals surface area contributed by atoms with Crippen molar-refractivity contribution in [1.82, 2.24) is 38.9 Å². The highest BCUT2D eigenvalue weighted by Crippen LogP contribution is 2.41. The van der Waals surface area contributed by atoms with Crippen LogP contribution in [-0.2, 0) is 10.9 Å². The Morgan fingerprint density at radius 2 is 1.44 bits per heavy atom. The number of carbonyl (C=O) groups excluding carboxylic acids is 1. The second-order valence-corrected chi connectivity index (χ2v) is 13.3. The Labute approximate surface area is 324 Å². The molecule has 8 aromatic rings. The van der Waals surface area contributed by atoms with Crippen molar-refractivity contribution in [2.24, 2.45) is 0 Å². The summed E-state index contributed by atoms with van der Waals surface area (Å²) >= 11 is 0. The van der Waals surface area contributed by atoms with E-state index in [0.29, 0.717) is 40.3 Å². The van der Waals surface area contributed by atoms with Crippen LogP contribution in [0.15, 0.2) is 122 Å². The Kier molecular flexibility index (Phi) is 10.0. The van der Waals surface area contributed by atoms with Gasteiger partial charge < -0.3 is 15.4 Å². The largest absolute Gasteiger partial charge is 0.465 e. The fraction of sp³-hybridized carbons (Fsp3) is 0.167. The molecule has 5 aromatic heterocycles. The number of benzene rings is 3. The smallest absolute Gasteiger partial charge is 0.416 e. The standard InChI is InChI=1S/C22H18F3N5.C20H17N5O2/c23-22(24,25)15-7-9-16(10-8-15)27-18-13-26-12-17(28-18)21-20(14-4-3-5-14)29-19-6-1-2-11-30(19)21;1-13-22-16-5-3-4-6-17(16)25(13)19-12-21-11-18(24-19)23-15-9-7-14(8-10-15)20(26)27-2/h1-2,6-14H,3-5H2,(H,27,28);3-12H,1-2H3,(H,23,24). The van der Waals surface area contributed by atoms with Gasteiger partial charge in [-0.2, -0.15) is 13.2 Å². The number of ether oxygens (including phenoxy) is 1. The lowest BCUT2D eigenvalue weighted by Crippen LogP contribution is -2.11. The highest BCUT2D eigenvalue weighted by molar-refractivity contribution is 5.89. The quantitative estimate of drug-likeness (QED) is 0.144. The van der Waals surface area contributed by atoms with Crippen LogP contribution in [0.2, 0.25) is 0 Å². The number of hydrogen-bond donors (Lipinski definition) is 2. The van der Waals surface area contributed by atoms with E-state index < -0.39 is 11.7 Å². The minimum atomic E-state index is -4.36. The molecular formula is C42H35F3N10O2. The molecule has 57 heavy (non-hydrogen) atoms. The van der Waals surface area contributed by atoms with Crippen LogP contribution in [0.1, 0.15) is 52.6 Å². The molecule has 0 radical (unpaired) electrons. The number of imidazole rings is 2. The molecule has 0 unspecified atom stereocenters. The Hall–Kier alpha value is -7.16. The molecule has 0 atom stereocenters. The fourth-order valence-electron chi connectivity index (χ4n) is 6.58. The number of anilines is 4. The third-order valence-electron chi connectivity index (χ3n) is 9.57. The number of aryl methyl sites for hydroxylation is 1. The molecular weight excluding hydrogens is 734 g/mol. The number of aromatic nitrogens is 8. The number of carbonyl (C=O) groups is 1. The van der Waals surface area contributed by atoms with Crippen molar-refractivity contribution in [2.45, 2.75) is 38.3 Å². The van der Waals surface area contributed by atoms with E-state index in [1.165, 1.54) is 25.7 Å². The number of nitrogens with one attached hydrogen (secondary N) is 2. The van der Waals surface area contributed by atoms with Crippen LogP contribution in [0.25, 0.3) is 33.9 Å². The minimum absolute atomic E-state index is 0.370. The molecule has 3 aromatic carbocycles. The Morgan fingerprint density at radius 1 is 0.772 bits per heavy atom. The summed E-state index contributed by atoms with van der Waals surface area (Å²) in [6, 6.07) is 25.6. The monoisotopic (exact) mass is 768 g/mol. The van der Waals surface area contributed by atoms with Gasteiger partial charge >= 0.3 is 12.1 Å². The lowest BCUT2D eigenvalue weighted by Gasteiger charge is -2.24. The van der Waals surface area contributed by atoms with Gasteiger partial charge in [0, 0.05) is 23.5 Å². The molecule has 0 bridgehead atoms. The predicted molar refractivity (Wildman–Crippen MR) is 210 cm³/mol. The number of alkyl halides is 3. The summed E-state index contributed by atoms with van der Waals surface area (Å²) < 4.78 is 47.0. The first-order chi connectivity index (χ1) is 27.6. The average molecular weight is 769 g/mol. The van der Waals surface area contributed by atoms with Gasteiger partial charge in [-0.1, -0.05) is 24.6 Å². The summed E-state index contributed by atoms with van der Waals surface area (Å²) in [4.78, 5) is 38.8. The highest BCUT2D eigenvalue weighted by Gasteiger charge is 2.30. The van der Waals surface area contributed by atoms with Crippen LogP contribution in [0, 0.1) is 6.92 Å². The summed E-state index contributed by atoms with van der Waals surface area (Å²) in [5.41, 5.74) is 6.45. The Bertz CT molecular complexity index is 2690. The minimum Gasteiger partial charge on any atom is -0.465 e. The van der Waals surface area contributed by atoms with E-state index in [4.69, 9.17) is 9.72 Å². The summed E-state index contributed by atoms with van der Waals surface area (Å²) in [6.07, 6.45) is 7.58. The first-order valence-electron chi connectivity index (χ1n) is 18.1. The van der Waals surface area contributed by atoms with E-state index in [0.717, 1.165) is 64.6 Å². The first-order valence-corrected chi connectivity index (χ1v) is 18.1. The molecule has 0 spiro atoms. The zero-order valence-electron chi connectivity index (χ0n) is 30.8. The van der Waals surface area contributed by atoms with Crippen LogP contribution in [0.4, 0.5) is 36.2 Å². The SMILES string of the molecule is COC(=O)c1ccc(Nc2cncc(-n3c(C)nc4ccccc43)n2)cc1.FC(F)(F)c1ccc(Nc2cncc(-c3c(C4CCC4)nc4ccccn34)n2)cc1. The molecule has 0 amide bonds. The van der Waals surface area contributed by atoms with E-state index in [-0.39, 0.29) is 5.97 Å². The van der Waals surface area contributed by atoms with E-state index in [1.807, 2.05) is 64.6 Å². The molecule has 1 aliphatic rings. The Balaban J connectivity index is 0.000000161. The molecule has 286 valence electrons. The van der Waals surface area contributed by atoms with Crippen molar-refractivity contribution in [2.75, 3.05) is 17.7 Å². The molecule has 1 aliphatic carbocycles. The first kappa shape index (κ1) is 36.8. The van der Waals surface area contributed by atoms with Gasteiger partial charge in [0.05, 0.1) is 65.4 Å². The van der Waals surface area contributed by atoms with Crippen molar-refractivity contribution in [1.29, 1.82) is 0 Å². The van der Waals surface area contributed by atoms with Crippen LogP contribution in [0.5, 0.6) is 0 Å². The fourth-order valence-corrected chi connectivity index (χ4v) is 6.58. The maximum absolute atomic E-state index is 12.8. The number of fused-ring (bicyclic) bond motifs is 2. The third-order valence-corrected chi connectivity index (χ3v) is 9.57. The van der Waals surface area contributed by atoms with E-state index >= 15 is 0 Å². The van der Waals surface area contributed by atoms with Gasteiger partial charge in [-0.15, -0.1) is 0 Å². The third kappa shape index (κ3) is 7.85. The van der Waals surface area contributed by atoms with Crippen molar-refractivity contribution >= 4 is 45.7 Å². The maximum atomic E-state index is 12.8. The van der Waals surface area contributed by atoms with E-state index in [2.05, 4.69) is 35.6 Å². The lowest BCUT2D eigenvalue weighted by atomic mass is 9.82.